The van der Waals surface area contributed by atoms with Crippen molar-refractivity contribution in [2.75, 3.05) is 12.8 Å². The van der Waals surface area contributed by atoms with Gasteiger partial charge in [0, 0.05) is 15.6 Å². The fourth-order valence-corrected chi connectivity index (χ4v) is 5.36. The molecular formula is C14H10Cl2N2O3S2. The van der Waals surface area contributed by atoms with E-state index in [0.29, 0.717) is 19.8 Å². The first-order valence-electron chi connectivity index (χ1n) is 6.35. The molecule has 3 rings (SSSR count). The SMILES string of the molecule is COC(=O)c1sc2c(c1N)C(=O)NC(c1ccc(Cl)cc1Cl)S2. The van der Waals surface area contributed by atoms with E-state index in [0.717, 1.165) is 16.9 Å². The van der Waals surface area contributed by atoms with E-state index in [4.69, 9.17) is 28.9 Å². The van der Waals surface area contributed by atoms with Gasteiger partial charge in [0.2, 0.25) is 0 Å². The van der Waals surface area contributed by atoms with Crippen molar-refractivity contribution in [2.45, 2.75) is 9.58 Å². The maximum Gasteiger partial charge on any atom is 0.350 e. The Morgan fingerprint density at radius 2 is 2.13 bits per heavy atom. The van der Waals surface area contributed by atoms with Crippen molar-refractivity contribution >= 4 is 63.9 Å². The van der Waals surface area contributed by atoms with Crippen LogP contribution in [0.15, 0.2) is 22.4 Å². The van der Waals surface area contributed by atoms with Crippen LogP contribution in [0, 0.1) is 0 Å². The average Bonchev–Trinajstić information content (AvgIpc) is 2.83. The lowest BCUT2D eigenvalue weighted by atomic mass is 10.2. The van der Waals surface area contributed by atoms with Crippen molar-refractivity contribution < 1.29 is 14.3 Å². The number of halogens is 2. The van der Waals surface area contributed by atoms with Gasteiger partial charge in [0.1, 0.15) is 10.3 Å². The molecule has 1 unspecified atom stereocenters. The number of thiophene rings is 1. The molecule has 0 fully saturated rings. The number of thioether (sulfide) groups is 1. The number of nitrogens with two attached hydrogens (primary N) is 1. The van der Waals surface area contributed by atoms with E-state index in [1.165, 1.54) is 18.9 Å². The fraction of sp³-hybridized carbons (Fsp3) is 0.143. The number of rotatable bonds is 2. The molecule has 5 nitrogen and oxygen atoms in total. The number of methoxy groups -OCH3 is 1. The lowest BCUT2D eigenvalue weighted by Crippen LogP contribution is -2.30. The minimum Gasteiger partial charge on any atom is -0.465 e. The van der Waals surface area contributed by atoms with Gasteiger partial charge in [-0.25, -0.2) is 4.79 Å². The van der Waals surface area contributed by atoms with Crippen molar-refractivity contribution in [1.29, 1.82) is 0 Å². The first-order chi connectivity index (χ1) is 10.9. The minimum atomic E-state index is -0.559. The zero-order valence-corrected chi connectivity index (χ0v) is 14.8. The number of carbonyl (C=O) groups excluding carboxylic acids is 2. The molecule has 1 amide bonds. The van der Waals surface area contributed by atoms with Gasteiger partial charge >= 0.3 is 5.97 Å². The highest BCUT2D eigenvalue weighted by Gasteiger charge is 2.34. The summed E-state index contributed by atoms with van der Waals surface area (Å²) >= 11 is 14.6. The van der Waals surface area contributed by atoms with Crippen molar-refractivity contribution in [3.8, 4) is 0 Å². The highest BCUT2D eigenvalue weighted by molar-refractivity contribution is 8.01. The Bertz CT molecular complexity index is 823. The summed E-state index contributed by atoms with van der Waals surface area (Å²) in [5, 5.41) is 3.41. The number of fused-ring (bicyclic) bond motifs is 1. The van der Waals surface area contributed by atoms with E-state index in [2.05, 4.69) is 10.1 Å². The summed E-state index contributed by atoms with van der Waals surface area (Å²) in [6.45, 7) is 0. The van der Waals surface area contributed by atoms with Gasteiger partial charge in [-0.3, -0.25) is 4.79 Å². The molecule has 0 spiro atoms. The monoisotopic (exact) mass is 388 g/mol. The first kappa shape index (κ1) is 16.4. The predicted molar refractivity (Wildman–Crippen MR) is 92.6 cm³/mol. The smallest absolute Gasteiger partial charge is 0.350 e. The summed E-state index contributed by atoms with van der Waals surface area (Å²) in [5.74, 6) is -0.907. The molecule has 9 heteroatoms. The molecule has 1 atom stereocenters. The molecule has 1 aliphatic heterocycles. The summed E-state index contributed by atoms with van der Waals surface area (Å²) in [7, 11) is 1.27. The number of anilines is 1. The molecule has 2 heterocycles. The molecule has 0 radical (unpaired) electrons. The molecular weight excluding hydrogens is 379 g/mol. The largest absolute Gasteiger partial charge is 0.465 e. The highest BCUT2D eigenvalue weighted by atomic mass is 35.5. The molecule has 0 saturated heterocycles. The maximum absolute atomic E-state index is 12.4. The Balaban J connectivity index is 2.01. The third kappa shape index (κ3) is 2.89. The number of benzene rings is 1. The van der Waals surface area contributed by atoms with Crippen LogP contribution < -0.4 is 11.1 Å². The van der Waals surface area contributed by atoms with Crippen LogP contribution in [-0.4, -0.2) is 19.0 Å². The minimum absolute atomic E-state index is 0.141. The zero-order chi connectivity index (χ0) is 16.7. The average molecular weight is 389 g/mol. The Morgan fingerprint density at radius 3 is 2.78 bits per heavy atom. The van der Waals surface area contributed by atoms with Gasteiger partial charge in [0.25, 0.3) is 5.91 Å². The molecule has 2 aromatic rings. The second-order valence-electron chi connectivity index (χ2n) is 4.64. The van der Waals surface area contributed by atoms with Gasteiger partial charge in [-0.05, 0) is 12.1 Å². The molecule has 0 bridgehead atoms. The summed E-state index contributed by atoms with van der Waals surface area (Å²) in [6, 6.07) is 5.07. The van der Waals surface area contributed by atoms with E-state index < -0.39 is 5.97 Å². The van der Waals surface area contributed by atoms with E-state index in [1.807, 2.05) is 0 Å². The van der Waals surface area contributed by atoms with Crippen LogP contribution in [0.4, 0.5) is 5.69 Å². The normalized spacial score (nSPS) is 16.7. The Morgan fingerprint density at radius 1 is 1.39 bits per heavy atom. The quantitative estimate of drug-likeness (QED) is 0.760. The van der Waals surface area contributed by atoms with Crippen LogP contribution in [-0.2, 0) is 4.74 Å². The third-order valence-corrected chi connectivity index (χ3v) is 6.35. The van der Waals surface area contributed by atoms with Crippen LogP contribution in [0.2, 0.25) is 10.0 Å². The number of nitrogens with one attached hydrogen (secondary N) is 1. The highest BCUT2D eigenvalue weighted by Crippen LogP contribution is 2.48. The molecule has 1 aromatic heterocycles. The van der Waals surface area contributed by atoms with Crippen LogP contribution >= 0.6 is 46.3 Å². The molecule has 1 aliphatic rings. The van der Waals surface area contributed by atoms with Crippen molar-refractivity contribution in [3.63, 3.8) is 0 Å². The second-order valence-corrected chi connectivity index (χ2v) is 7.87. The van der Waals surface area contributed by atoms with Crippen molar-refractivity contribution in [3.05, 3.63) is 44.2 Å². The van der Waals surface area contributed by atoms with E-state index in [-0.39, 0.29) is 21.8 Å². The van der Waals surface area contributed by atoms with Gasteiger partial charge in [-0.1, -0.05) is 41.0 Å². The summed E-state index contributed by atoms with van der Waals surface area (Å²) in [4.78, 5) is 24.3. The van der Waals surface area contributed by atoms with E-state index in [9.17, 15) is 9.59 Å². The van der Waals surface area contributed by atoms with Crippen LogP contribution in [0.5, 0.6) is 0 Å². The van der Waals surface area contributed by atoms with Crippen LogP contribution in [0.3, 0.4) is 0 Å². The van der Waals surface area contributed by atoms with Gasteiger partial charge < -0.3 is 15.8 Å². The van der Waals surface area contributed by atoms with Crippen LogP contribution in [0.25, 0.3) is 0 Å². The van der Waals surface area contributed by atoms with Gasteiger partial charge in [0.15, 0.2) is 0 Å². The van der Waals surface area contributed by atoms with Crippen molar-refractivity contribution in [2.24, 2.45) is 0 Å². The number of nitrogen functional groups attached to an aromatic ring is 1. The Kier molecular flexibility index (Phi) is 4.46. The lowest BCUT2D eigenvalue weighted by molar-refractivity contribution is 0.0607. The van der Waals surface area contributed by atoms with E-state index >= 15 is 0 Å². The topological polar surface area (TPSA) is 81.4 Å². The summed E-state index contributed by atoms with van der Waals surface area (Å²) in [5.41, 5.74) is 7.09. The number of esters is 1. The second kappa shape index (κ2) is 6.24. The maximum atomic E-state index is 12.4. The molecule has 23 heavy (non-hydrogen) atoms. The van der Waals surface area contributed by atoms with Crippen LogP contribution in [0.1, 0.15) is 31.0 Å². The number of amides is 1. The molecule has 0 aliphatic carbocycles. The number of ether oxygens (including phenoxy) is 1. The summed E-state index contributed by atoms with van der Waals surface area (Å²) in [6.07, 6.45) is 0. The van der Waals surface area contributed by atoms with Crippen molar-refractivity contribution in [1.82, 2.24) is 5.32 Å². The fourth-order valence-electron chi connectivity index (χ4n) is 2.15. The number of hydrogen-bond donors (Lipinski definition) is 2. The third-order valence-electron chi connectivity index (χ3n) is 3.24. The van der Waals surface area contributed by atoms with E-state index in [1.54, 1.807) is 18.2 Å². The standard InChI is InChI=1S/C14H10Cl2N2O3S2/c1-21-13(20)10-9(17)8-11(19)18-12(23-14(8)22-10)6-3-2-5(15)4-7(6)16/h2-4,12H,17H2,1H3,(H,18,19). The molecule has 0 saturated carbocycles. The van der Waals surface area contributed by atoms with Gasteiger partial charge in [-0.15, -0.1) is 11.3 Å². The summed E-state index contributed by atoms with van der Waals surface area (Å²) < 4.78 is 5.34. The Hall–Kier alpha value is -1.41. The first-order valence-corrected chi connectivity index (χ1v) is 8.80. The van der Waals surface area contributed by atoms with Gasteiger partial charge in [0.05, 0.1) is 22.6 Å². The molecule has 1 aromatic carbocycles. The predicted octanol–water partition coefficient (Wildman–Crippen LogP) is 3.96. The number of hydrogen-bond acceptors (Lipinski definition) is 6. The lowest BCUT2D eigenvalue weighted by Gasteiger charge is -2.24. The Labute approximate surface area is 150 Å². The molecule has 120 valence electrons. The molecule has 3 N–H and O–H groups in total. The van der Waals surface area contributed by atoms with Gasteiger partial charge in [-0.2, -0.15) is 0 Å². The zero-order valence-electron chi connectivity index (χ0n) is 11.7. The number of carbonyl (C=O) groups is 2.